The second-order valence-electron chi connectivity index (χ2n) is 3.28. The maximum absolute atomic E-state index is 9.62. The van der Waals surface area contributed by atoms with Gasteiger partial charge >= 0.3 is 0 Å². The van der Waals surface area contributed by atoms with E-state index in [1.807, 2.05) is 0 Å². The van der Waals surface area contributed by atoms with Crippen molar-refractivity contribution in [3.8, 4) is 5.75 Å². The zero-order valence-electron chi connectivity index (χ0n) is 9.67. The number of aromatic hydroxyl groups is 1. The van der Waals surface area contributed by atoms with E-state index in [4.69, 9.17) is 0 Å². The van der Waals surface area contributed by atoms with Gasteiger partial charge in [0.15, 0.2) is 0 Å². The highest BCUT2D eigenvalue weighted by Crippen LogP contribution is 2.24. The summed E-state index contributed by atoms with van der Waals surface area (Å²) in [5, 5.41) is 19.1. The number of allylic oxidation sites excluding steroid dienone is 4. The Morgan fingerprint density at radius 3 is 2.65 bits per heavy atom. The molecule has 0 aromatic heterocycles. The first-order chi connectivity index (χ1) is 8.19. The number of nitrogens with zero attached hydrogens (tertiary/aromatic N) is 1. The summed E-state index contributed by atoms with van der Waals surface area (Å²) in [5.74, 6) is 0.188. The first-order valence-corrected chi connectivity index (χ1v) is 5.19. The monoisotopic (exact) mass is 229 g/mol. The topological polar surface area (TPSA) is 52.8 Å². The van der Waals surface area contributed by atoms with Gasteiger partial charge in [0, 0.05) is 11.8 Å². The molecule has 0 aliphatic rings. The van der Waals surface area contributed by atoms with Crippen molar-refractivity contribution in [3.63, 3.8) is 0 Å². The number of aliphatic imine (C=N–C) groups is 1. The number of benzene rings is 1. The number of aliphatic hydroxyl groups excluding tert-OH is 1. The molecule has 3 heteroatoms. The van der Waals surface area contributed by atoms with Gasteiger partial charge in [-0.3, -0.25) is 4.99 Å². The quantitative estimate of drug-likeness (QED) is 0.470. The lowest BCUT2D eigenvalue weighted by Gasteiger charge is -2.00. The summed E-state index contributed by atoms with van der Waals surface area (Å²) in [5.41, 5.74) is 1.02. The van der Waals surface area contributed by atoms with Gasteiger partial charge in [-0.05, 0) is 25.1 Å². The van der Waals surface area contributed by atoms with E-state index in [0.717, 1.165) is 0 Å². The Kier molecular flexibility index (Phi) is 4.76. The summed E-state index contributed by atoms with van der Waals surface area (Å²) in [4.78, 5) is 4.10. The summed E-state index contributed by atoms with van der Waals surface area (Å²) in [7, 11) is 0. The lowest BCUT2D eigenvalue weighted by Crippen LogP contribution is -1.89. The van der Waals surface area contributed by atoms with E-state index in [1.54, 1.807) is 37.3 Å². The smallest absolute Gasteiger partial charge is 0.141 e. The van der Waals surface area contributed by atoms with Gasteiger partial charge in [-0.15, -0.1) is 0 Å². The van der Waals surface area contributed by atoms with E-state index in [1.165, 1.54) is 18.4 Å². The van der Waals surface area contributed by atoms with Gasteiger partial charge in [0.1, 0.15) is 17.2 Å². The first kappa shape index (κ1) is 12.8. The van der Waals surface area contributed by atoms with Crippen LogP contribution in [0.2, 0.25) is 0 Å². The summed E-state index contributed by atoms with van der Waals surface area (Å²) in [6, 6.07) is 6.75. The molecule has 0 unspecified atom stereocenters. The fraction of sp³-hybridized carbons (Fsp3) is 0.0714. The van der Waals surface area contributed by atoms with Gasteiger partial charge in [-0.2, -0.15) is 0 Å². The molecule has 0 heterocycles. The van der Waals surface area contributed by atoms with Gasteiger partial charge in [-0.1, -0.05) is 30.9 Å². The minimum absolute atomic E-state index is 0.0849. The Hall–Kier alpha value is -2.29. The van der Waals surface area contributed by atoms with Crippen molar-refractivity contribution >= 4 is 11.9 Å². The molecule has 0 aliphatic carbocycles. The molecule has 1 rings (SSSR count). The second kappa shape index (κ2) is 6.33. The van der Waals surface area contributed by atoms with Crippen LogP contribution in [-0.4, -0.2) is 16.4 Å². The molecule has 0 radical (unpaired) electrons. The van der Waals surface area contributed by atoms with Crippen LogP contribution in [0.25, 0.3) is 0 Å². The molecular formula is C14H15NO2. The van der Waals surface area contributed by atoms with Crippen molar-refractivity contribution in [3.05, 3.63) is 60.4 Å². The molecule has 0 atom stereocenters. The average molecular weight is 229 g/mol. The number of hydrogen-bond acceptors (Lipinski definition) is 3. The van der Waals surface area contributed by atoms with Gasteiger partial charge in [-0.25, -0.2) is 0 Å². The average Bonchev–Trinajstić information content (AvgIpc) is 2.32. The fourth-order valence-corrected chi connectivity index (χ4v) is 1.21. The Balaban J connectivity index is 2.94. The van der Waals surface area contributed by atoms with E-state index in [9.17, 15) is 10.2 Å². The van der Waals surface area contributed by atoms with Gasteiger partial charge in [0.25, 0.3) is 0 Å². The molecule has 0 fully saturated rings. The summed E-state index contributed by atoms with van der Waals surface area (Å²) in [6.07, 6.45) is 6.18. The van der Waals surface area contributed by atoms with Crippen molar-refractivity contribution in [1.29, 1.82) is 0 Å². The Morgan fingerprint density at radius 1 is 1.35 bits per heavy atom. The van der Waals surface area contributed by atoms with E-state index >= 15 is 0 Å². The highest BCUT2D eigenvalue weighted by Gasteiger charge is 1.99. The number of rotatable bonds is 4. The molecule has 1 aromatic rings. The highest BCUT2D eigenvalue weighted by atomic mass is 16.3. The maximum atomic E-state index is 9.62. The van der Waals surface area contributed by atoms with Crippen LogP contribution in [0, 0.1) is 0 Å². The largest absolute Gasteiger partial charge is 0.507 e. The van der Waals surface area contributed by atoms with E-state index in [0.29, 0.717) is 11.3 Å². The van der Waals surface area contributed by atoms with Crippen LogP contribution >= 0.6 is 0 Å². The summed E-state index contributed by atoms with van der Waals surface area (Å²) >= 11 is 0. The van der Waals surface area contributed by atoms with Crippen molar-refractivity contribution in [1.82, 2.24) is 0 Å². The fourth-order valence-electron chi connectivity index (χ4n) is 1.21. The van der Waals surface area contributed by atoms with Crippen molar-refractivity contribution in [2.45, 2.75) is 6.92 Å². The van der Waals surface area contributed by atoms with E-state index < -0.39 is 0 Å². The molecule has 3 nitrogen and oxygen atoms in total. The number of phenolic OH excluding ortho intramolecular Hbond substituents is 1. The molecule has 88 valence electrons. The van der Waals surface area contributed by atoms with Crippen molar-refractivity contribution in [2.24, 2.45) is 4.99 Å². The first-order valence-electron chi connectivity index (χ1n) is 5.19. The van der Waals surface area contributed by atoms with Crippen LogP contribution in [0.4, 0.5) is 5.69 Å². The van der Waals surface area contributed by atoms with Crippen LogP contribution in [0.3, 0.4) is 0 Å². The minimum Gasteiger partial charge on any atom is -0.507 e. The molecule has 0 saturated heterocycles. The summed E-state index contributed by atoms with van der Waals surface area (Å²) in [6.45, 7) is 5.29. The second-order valence-corrected chi connectivity index (χ2v) is 3.28. The zero-order valence-corrected chi connectivity index (χ0v) is 9.67. The van der Waals surface area contributed by atoms with Gasteiger partial charge < -0.3 is 10.2 Å². The third-order valence-electron chi connectivity index (χ3n) is 2.11. The van der Waals surface area contributed by atoms with Crippen LogP contribution in [-0.2, 0) is 0 Å². The summed E-state index contributed by atoms with van der Waals surface area (Å²) < 4.78 is 0. The van der Waals surface area contributed by atoms with Crippen LogP contribution in [0.5, 0.6) is 5.75 Å². The predicted molar refractivity (Wildman–Crippen MR) is 70.9 cm³/mol. The number of aliphatic hydroxyl groups is 1. The maximum Gasteiger partial charge on any atom is 0.141 e. The molecule has 0 amide bonds. The lowest BCUT2D eigenvalue weighted by molar-refractivity contribution is 0.428. The third-order valence-corrected chi connectivity index (χ3v) is 2.11. The minimum atomic E-state index is 0.0849. The molecular weight excluding hydrogens is 214 g/mol. The van der Waals surface area contributed by atoms with Crippen molar-refractivity contribution in [2.75, 3.05) is 0 Å². The molecule has 2 N–H and O–H groups in total. The zero-order chi connectivity index (χ0) is 12.7. The highest BCUT2D eigenvalue weighted by molar-refractivity contribution is 5.86. The van der Waals surface area contributed by atoms with Crippen LogP contribution < -0.4 is 0 Å². The molecule has 1 aromatic carbocycles. The van der Waals surface area contributed by atoms with Crippen LogP contribution in [0.15, 0.2) is 65.4 Å². The van der Waals surface area contributed by atoms with Gasteiger partial charge in [0.2, 0.25) is 0 Å². The van der Waals surface area contributed by atoms with Crippen LogP contribution in [0.1, 0.15) is 6.92 Å². The molecule has 0 bridgehead atoms. The molecule has 0 spiro atoms. The Bertz CT molecular complexity index is 485. The van der Waals surface area contributed by atoms with Crippen molar-refractivity contribution < 1.29 is 10.2 Å². The van der Waals surface area contributed by atoms with Gasteiger partial charge in [0.05, 0.1) is 0 Å². The SMILES string of the molecule is C=C/C=C(O)\C(C=Nc1ccccc1O)=C/C. The standard InChI is InChI=1S/C14H15NO2/c1-3-7-13(16)11(4-2)10-15-12-8-5-6-9-14(12)17/h3-10,16-17H,1H2,2H3/b11-4-,13-7+,15-10?. The molecule has 0 saturated carbocycles. The number of phenols is 1. The Morgan fingerprint density at radius 2 is 2.06 bits per heavy atom. The normalized spacial score (nSPS) is 13.0. The molecule has 17 heavy (non-hydrogen) atoms. The Labute approximate surface area is 101 Å². The predicted octanol–water partition coefficient (Wildman–Crippen LogP) is 3.67. The van der Waals surface area contributed by atoms with E-state index in [2.05, 4.69) is 11.6 Å². The van der Waals surface area contributed by atoms with E-state index in [-0.39, 0.29) is 11.5 Å². The lowest BCUT2D eigenvalue weighted by atomic mass is 10.2. The third kappa shape index (κ3) is 3.65. The number of para-hydroxylation sites is 2. The number of hydrogen-bond donors (Lipinski definition) is 2. The molecule has 0 aliphatic heterocycles.